The van der Waals surface area contributed by atoms with Crippen LogP contribution in [0.2, 0.25) is 5.02 Å². The first-order valence-corrected chi connectivity index (χ1v) is 12.6. The molecule has 0 radical (unpaired) electrons. The van der Waals surface area contributed by atoms with Gasteiger partial charge in [-0.2, -0.15) is 0 Å². The number of thiophene rings is 1. The van der Waals surface area contributed by atoms with Gasteiger partial charge in [-0.25, -0.2) is 0 Å². The van der Waals surface area contributed by atoms with Crippen LogP contribution in [0, 0.1) is 0 Å². The van der Waals surface area contributed by atoms with E-state index in [1.807, 2.05) is 89.8 Å². The van der Waals surface area contributed by atoms with E-state index in [9.17, 15) is 9.59 Å². The zero-order valence-electron chi connectivity index (χ0n) is 19.0. The Labute approximate surface area is 213 Å². The van der Waals surface area contributed by atoms with Gasteiger partial charge in [-0.05, 0) is 42.0 Å². The molecule has 2 amide bonds. The molecule has 0 unspecified atom stereocenters. The predicted molar refractivity (Wildman–Crippen MR) is 145 cm³/mol. The number of halogens is 1. The lowest BCUT2D eigenvalue weighted by atomic mass is 10.2. The van der Waals surface area contributed by atoms with Crippen molar-refractivity contribution in [3.63, 3.8) is 0 Å². The quantitative estimate of drug-likeness (QED) is 0.333. The molecule has 1 saturated heterocycles. The van der Waals surface area contributed by atoms with Crippen molar-refractivity contribution in [2.75, 3.05) is 36.4 Å². The van der Waals surface area contributed by atoms with Crippen LogP contribution in [0.25, 0.3) is 16.2 Å². The van der Waals surface area contributed by atoms with Crippen LogP contribution in [0.1, 0.15) is 15.2 Å². The molecule has 4 aromatic rings. The molecule has 0 spiro atoms. The molecule has 0 aliphatic carbocycles. The van der Waals surface area contributed by atoms with Crippen molar-refractivity contribution in [2.24, 2.45) is 0 Å². The summed E-state index contributed by atoms with van der Waals surface area (Å²) < 4.78 is 0.992. The zero-order chi connectivity index (χ0) is 24.2. The van der Waals surface area contributed by atoms with Gasteiger partial charge in [0.05, 0.1) is 5.02 Å². The lowest BCUT2D eigenvalue weighted by Gasteiger charge is -2.35. The number of fused-ring (bicyclic) bond motifs is 1. The summed E-state index contributed by atoms with van der Waals surface area (Å²) in [6, 6.07) is 25.3. The maximum Gasteiger partial charge on any atom is 0.267 e. The van der Waals surface area contributed by atoms with Crippen LogP contribution in [0.5, 0.6) is 0 Å². The van der Waals surface area contributed by atoms with Crippen LogP contribution in [0.4, 0.5) is 11.4 Å². The number of benzene rings is 3. The molecule has 5 nitrogen and oxygen atoms in total. The van der Waals surface area contributed by atoms with Gasteiger partial charge in [0.15, 0.2) is 0 Å². The van der Waals surface area contributed by atoms with Gasteiger partial charge in [0.1, 0.15) is 4.88 Å². The molecule has 0 saturated carbocycles. The predicted octanol–water partition coefficient (Wildman–Crippen LogP) is 6.17. The number of piperazine rings is 1. The second-order valence-electron chi connectivity index (χ2n) is 8.30. The highest BCUT2D eigenvalue weighted by molar-refractivity contribution is 7.21. The van der Waals surface area contributed by atoms with E-state index in [4.69, 9.17) is 11.6 Å². The average molecular weight is 502 g/mol. The molecule has 1 aliphatic rings. The number of carbonyl (C=O) groups is 2. The molecule has 1 aromatic heterocycles. The molecule has 1 N–H and O–H groups in total. The smallest absolute Gasteiger partial charge is 0.267 e. The van der Waals surface area contributed by atoms with Gasteiger partial charge >= 0.3 is 0 Å². The van der Waals surface area contributed by atoms with E-state index in [-0.39, 0.29) is 11.8 Å². The fraction of sp³-hybridized carbons (Fsp3) is 0.143. The van der Waals surface area contributed by atoms with Crippen molar-refractivity contribution in [3.05, 3.63) is 100 Å². The Balaban J connectivity index is 1.17. The normalized spacial score (nSPS) is 14.0. The first-order chi connectivity index (χ1) is 17.1. The number of hydrogen-bond acceptors (Lipinski definition) is 4. The Morgan fingerprint density at radius 1 is 0.857 bits per heavy atom. The molecule has 1 aliphatic heterocycles. The van der Waals surface area contributed by atoms with Gasteiger partial charge < -0.3 is 15.1 Å². The third-order valence-electron chi connectivity index (χ3n) is 6.04. The minimum atomic E-state index is -0.209. The minimum absolute atomic E-state index is 0.0338. The third kappa shape index (κ3) is 5.24. The van der Waals surface area contributed by atoms with Gasteiger partial charge in [-0.3, -0.25) is 9.59 Å². The first-order valence-electron chi connectivity index (χ1n) is 11.4. The van der Waals surface area contributed by atoms with Gasteiger partial charge in [0.25, 0.3) is 5.91 Å². The van der Waals surface area contributed by atoms with Gasteiger partial charge in [-0.1, -0.05) is 60.1 Å². The Morgan fingerprint density at radius 2 is 1.54 bits per heavy atom. The van der Waals surface area contributed by atoms with Gasteiger partial charge in [0, 0.05) is 53.7 Å². The highest BCUT2D eigenvalue weighted by Gasteiger charge is 2.20. The molecule has 5 rings (SSSR count). The number of nitrogens with zero attached hydrogens (tertiary/aromatic N) is 2. The highest BCUT2D eigenvalue weighted by Crippen LogP contribution is 2.35. The summed E-state index contributed by atoms with van der Waals surface area (Å²) in [4.78, 5) is 30.0. The molecule has 2 heterocycles. The van der Waals surface area contributed by atoms with Crippen LogP contribution in [0.3, 0.4) is 0 Å². The molecule has 1 fully saturated rings. The summed E-state index contributed by atoms with van der Waals surface area (Å²) in [5.74, 6) is -0.175. The van der Waals surface area contributed by atoms with E-state index in [1.165, 1.54) is 11.3 Å². The standard InChI is InChI=1S/C28H24ClN3O2S/c29-26-23-8-4-5-9-24(23)35-27(26)28(34)30-21-11-13-22(14-12-21)31-16-18-32(19-17-31)25(33)15-10-20-6-2-1-3-7-20/h1-15H,16-19H2,(H,30,34)/b15-10+. The topological polar surface area (TPSA) is 52.7 Å². The minimum Gasteiger partial charge on any atom is -0.368 e. The van der Waals surface area contributed by atoms with Crippen LogP contribution in [0.15, 0.2) is 84.9 Å². The Morgan fingerprint density at radius 3 is 2.26 bits per heavy atom. The Hall–Kier alpha value is -3.61. The lowest BCUT2D eigenvalue weighted by Crippen LogP contribution is -2.48. The van der Waals surface area contributed by atoms with Crippen molar-refractivity contribution in [1.82, 2.24) is 4.90 Å². The number of anilines is 2. The van der Waals surface area contributed by atoms with Gasteiger partial charge in [-0.15, -0.1) is 11.3 Å². The molecule has 176 valence electrons. The molecule has 0 atom stereocenters. The molecular weight excluding hydrogens is 478 g/mol. The summed E-state index contributed by atoms with van der Waals surface area (Å²) in [6.07, 6.45) is 3.50. The monoisotopic (exact) mass is 501 g/mol. The van der Waals surface area contributed by atoms with E-state index >= 15 is 0 Å². The molecule has 35 heavy (non-hydrogen) atoms. The second-order valence-corrected chi connectivity index (χ2v) is 9.73. The van der Waals surface area contributed by atoms with Gasteiger partial charge in [0.2, 0.25) is 5.91 Å². The van der Waals surface area contributed by atoms with Crippen molar-refractivity contribution >= 4 is 62.3 Å². The summed E-state index contributed by atoms with van der Waals surface area (Å²) in [6.45, 7) is 2.85. The highest BCUT2D eigenvalue weighted by atomic mass is 35.5. The Kier molecular flexibility index (Phi) is 6.84. The van der Waals surface area contributed by atoms with Crippen LogP contribution < -0.4 is 10.2 Å². The molecule has 3 aromatic carbocycles. The van der Waals surface area contributed by atoms with E-state index in [0.29, 0.717) is 28.7 Å². The molecule has 0 bridgehead atoms. The number of rotatable bonds is 5. The average Bonchev–Trinajstić information content (AvgIpc) is 3.25. The zero-order valence-corrected chi connectivity index (χ0v) is 20.6. The van der Waals surface area contributed by atoms with Crippen molar-refractivity contribution in [2.45, 2.75) is 0 Å². The summed E-state index contributed by atoms with van der Waals surface area (Å²) in [7, 11) is 0. The number of nitrogens with one attached hydrogen (secondary N) is 1. The molecular formula is C28H24ClN3O2S. The Bertz CT molecular complexity index is 1370. The van der Waals surface area contributed by atoms with Crippen molar-refractivity contribution in [3.8, 4) is 0 Å². The van der Waals surface area contributed by atoms with Crippen LogP contribution in [-0.2, 0) is 4.79 Å². The first kappa shape index (κ1) is 23.1. The van der Waals surface area contributed by atoms with E-state index in [2.05, 4.69) is 10.2 Å². The van der Waals surface area contributed by atoms with E-state index < -0.39 is 0 Å². The van der Waals surface area contributed by atoms with Crippen molar-refractivity contribution < 1.29 is 9.59 Å². The third-order valence-corrected chi connectivity index (χ3v) is 7.71. The van der Waals surface area contributed by atoms with Crippen LogP contribution >= 0.6 is 22.9 Å². The fourth-order valence-electron chi connectivity index (χ4n) is 4.13. The largest absolute Gasteiger partial charge is 0.368 e. The second kappa shape index (κ2) is 10.3. The van der Waals surface area contributed by atoms with Crippen LogP contribution in [-0.4, -0.2) is 42.9 Å². The van der Waals surface area contributed by atoms with Crippen molar-refractivity contribution in [1.29, 1.82) is 0 Å². The summed E-state index contributed by atoms with van der Waals surface area (Å²) >= 11 is 7.83. The maximum absolute atomic E-state index is 12.8. The SMILES string of the molecule is O=C(Nc1ccc(N2CCN(C(=O)/C=C/c3ccccc3)CC2)cc1)c1sc2ccccc2c1Cl. The molecule has 7 heteroatoms. The van der Waals surface area contributed by atoms with E-state index in [0.717, 1.165) is 34.4 Å². The lowest BCUT2D eigenvalue weighted by molar-refractivity contribution is -0.126. The fourth-order valence-corrected chi connectivity index (χ4v) is 5.54. The summed E-state index contributed by atoms with van der Waals surface area (Å²) in [5, 5.41) is 4.34. The number of amides is 2. The maximum atomic E-state index is 12.8. The number of hydrogen-bond donors (Lipinski definition) is 1. The van der Waals surface area contributed by atoms with E-state index in [1.54, 1.807) is 6.08 Å². The summed E-state index contributed by atoms with van der Waals surface area (Å²) in [5.41, 5.74) is 2.79. The number of carbonyl (C=O) groups excluding carboxylic acids is 2.